The van der Waals surface area contributed by atoms with E-state index in [0.717, 1.165) is 32.1 Å². The standard InChI is InChI=1S/C33H59NO4/c1-9-23-27-18-22(35)12-15-33(27,8)26-13-16-32(7)24(10-11-25(32)28(26)30(23)36)21(6)14-17-38-31(37)34-29(19(2)3)20(4)5/h19-30,35-36H,9-18H2,1-8H3,(H,34,37)/t21-,22-,23-,24-,25+,26+,27?,28?,30-,32-,33?/m1/s1. The van der Waals surface area contributed by atoms with Gasteiger partial charge in [-0.05, 0) is 115 Å². The minimum atomic E-state index is -0.281. The van der Waals surface area contributed by atoms with Gasteiger partial charge in [-0.1, -0.05) is 61.8 Å². The number of alkyl carbamates (subject to hydrolysis) is 1. The monoisotopic (exact) mass is 533 g/mol. The van der Waals surface area contributed by atoms with Gasteiger partial charge in [-0.15, -0.1) is 0 Å². The summed E-state index contributed by atoms with van der Waals surface area (Å²) in [6, 6.07) is 0.132. The fourth-order valence-corrected chi connectivity index (χ4v) is 10.8. The van der Waals surface area contributed by atoms with Crippen molar-refractivity contribution in [2.45, 2.75) is 131 Å². The first-order chi connectivity index (χ1) is 17.8. The van der Waals surface area contributed by atoms with Gasteiger partial charge in [0, 0.05) is 6.04 Å². The van der Waals surface area contributed by atoms with Gasteiger partial charge in [0.05, 0.1) is 18.8 Å². The van der Waals surface area contributed by atoms with E-state index in [0.29, 0.717) is 59.9 Å². The molecule has 1 amide bonds. The van der Waals surface area contributed by atoms with Crippen LogP contribution in [-0.2, 0) is 4.74 Å². The zero-order valence-corrected chi connectivity index (χ0v) is 25.7. The Morgan fingerprint density at radius 3 is 2.18 bits per heavy atom. The van der Waals surface area contributed by atoms with Crippen LogP contribution in [0.2, 0.25) is 0 Å². The third-order valence-corrected chi connectivity index (χ3v) is 12.7. The van der Waals surface area contributed by atoms with Gasteiger partial charge in [0.25, 0.3) is 0 Å². The maximum atomic E-state index is 12.5. The number of hydrogen-bond acceptors (Lipinski definition) is 4. The van der Waals surface area contributed by atoms with Crippen LogP contribution in [0.15, 0.2) is 0 Å². The number of rotatable bonds is 8. The molecule has 11 atom stereocenters. The fourth-order valence-electron chi connectivity index (χ4n) is 10.8. The molecule has 0 aliphatic heterocycles. The van der Waals surface area contributed by atoms with Gasteiger partial charge in [0.15, 0.2) is 0 Å². The Morgan fingerprint density at radius 1 is 0.921 bits per heavy atom. The van der Waals surface area contributed by atoms with Crippen LogP contribution >= 0.6 is 0 Å². The first-order valence-corrected chi connectivity index (χ1v) is 16.1. The van der Waals surface area contributed by atoms with Crippen LogP contribution in [0.1, 0.15) is 113 Å². The van der Waals surface area contributed by atoms with Crippen LogP contribution < -0.4 is 5.32 Å². The summed E-state index contributed by atoms with van der Waals surface area (Å²) in [6.45, 7) is 18.7. The molecule has 0 saturated heterocycles. The second kappa shape index (κ2) is 11.6. The predicted octanol–water partition coefficient (Wildman–Crippen LogP) is 7.05. The fraction of sp³-hybridized carbons (Fsp3) is 0.970. The second-order valence-corrected chi connectivity index (χ2v) is 15.2. The van der Waals surface area contributed by atoms with Crippen LogP contribution in [0.3, 0.4) is 0 Å². The summed E-state index contributed by atoms with van der Waals surface area (Å²) >= 11 is 0. The highest BCUT2D eigenvalue weighted by Gasteiger charge is 2.64. The predicted molar refractivity (Wildman–Crippen MR) is 154 cm³/mol. The van der Waals surface area contributed by atoms with Crippen molar-refractivity contribution in [1.82, 2.24) is 5.32 Å². The van der Waals surface area contributed by atoms with Crippen LogP contribution in [0, 0.1) is 64.1 Å². The van der Waals surface area contributed by atoms with E-state index in [1.807, 2.05) is 0 Å². The second-order valence-electron chi connectivity index (χ2n) is 15.2. The molecule has 0 aromatic heterocycles. The Bertz CT molecular complexity index is 807. The summed E-state index contributed by atoms with van der Waals surface area (Å²) in [7, 11) is 0. The van der Waals surface area contributed by atoms with Gasteiger partial charge in [0.1, 0.15) is 0 Å². The first-order valence-electron chi connectivity index (χ1n) is 16.1. The molecule has 3 N–H and O–H groups in total. The average molecular weight is 534 g/mol. The Kier molecular flexibility index (Phi) is 9.20. The molecule has 4 aliphatic carbocycles. The molecule has 4 aliphatic rings. The summed E-state index contributed by atoms with van der Waals surface area (Å²) in [5.74, 6) is 4.16. The molecule has 220 valence electrons. The summed E-state index contributed by atoms with van der Waals surface area (Å²) in [6.07, 6.45) is 9.00. The lowest BCUT2D eigenvalue weighted by molar-refractivity contribution is -0.203. The van der Waals surface area contributed by atoms with Crippen LogP contribution in [0.5, 0.6) is 0 Å². The van der Waals surface area contributed by atoms with Crippen molar-refractivity contribution < 1.29 is 19.7 Å². The number of nitrogens with one attached hydrogen (secondary N) is 1. The lowest BCUT2D eigenvalue weighted by atomic mass is 9.41. The number of fused-ring (bicyclic) bond motifs is 5. The summed E-state index contributed by atoms with van der Waals surface area (Å²) < 4.78 is 5.67. The normalized spacial score (nSPS) is 43.5. The quantitative estimate of drug-likeness (QED) is 0.312. The van der Waals surface area contributed by atoms with E-state index in [4.69, 9.17) is 4.74 Å². The van der Waals surface area contributed by atoms with Gasteiger partial charge < -0.3 is 20.3 Å². The molecule has 4 saturated carbocycles. The molecule has 0 aromatic rings. The van der Waals surface area contributed by atoms with Gasteiger partial charge in [-0.2, -0.15) is 0 Å². The number of ether oxygens (including phenoxy) is 1. The number of hydrogen-bond donors (Lipinski definition) is 3. The average Bonchev–Trinajstić information content (AvgIpc) is 3.20. The van der Waals surface area contributed by atoms with Crippen LogP contribution in [0.4, 0.5) is 4.79 Å². The molecule has 3 unspecified atom stereocenters. The van der Waals surface area contributed by atoms with Gasteiger partial charge in [-0.3, -0.25) is 0 Å². The van der Waals surface area contributed by atoms with E-state index in [1.54, 1.807) is 0 Å². The lowest BCUT2D eigenvalue weighted by Gasteiger charge is -2.64. The molecule has 0 heterocycles. The van der Waals surface area contributed by atoms with E-state index < -0.39 is 0 Å². The lowest BCUT2D eigenvalue weighted by Crippen LogP contribution is -2.62. The van der Waals surface area contributed by atoms with Crippen molar-refractivity contribution in [2.24, 2.45) is 64.1 Å². The van der Waals surface area contributed by atoms with Crippen LogP contribution in [0.25, 0.3) is 0 Å². The van der Waals surface area contributed by atoms with Gasteiger partial charge in [0.2, 0.25) is 0 Å². The third kappa shape index (κ3) is 5.29. The van der Waals surface area contributed by atoms with E-state index in [2.05, 4.69) is 60.7 Å². The van der Waals surface area contributed by atoms with Crippen molar-refractivity contribution in [3.63, 3.8) is 0 Å². The number of aliphatic hydroxyl groups excluding tert-OH is 2. The molecule has 5 heteroatoms. The maximum Gasteiger partial charge on any atom is 0.407 e. The number of carbonyl (C=O) groups excluding carboxylic acids is 1. The molecule has 4 fully saturated rings. The molecule has 0 bridgehead atoms. The molecule has 4 rings (SSSR count). The molecular weight excluding hydrogens is 474 g/mol. The number of amides is 1. The molecule has 5 nitrogen and oxygen atoms in total. The minimum absolute atomic E-state index is 0.132. The van der Waals surface area contributed by atoms with Gasteiger partial charge in [-0.25, -0.2) is 4.79 Å². The number of carbonyl (C=O) groups is 1. The van der Waals surface area contributed by atoms with Crippen molar-refractivity contribution in [2.75, 3.05) is 6.61 Å². The summed E-state index contributed by atoms with van der Waals surface area (Å²) in [5, 5.41) is 25.5. The number of aliphatic hydroxyl groups is 2. The highest BCUT2D eigenvalue weighted by Crippen LogP contribution is 2.69. The van der Waals surface area contributed by atoms with E-state index >= 15 is 0 Å². The Morgan fingerprint density at radius 2 is 1.55 bits per heavy atom. The van der Waals surface area contributed by atoms with Crippen molar-refractivity contribution in [3.8, 4) is 0 Å². The van der Waals surface area contributed by atoms with Gasteiger partial charge >= 0.3 is 6.09 Å². The molecule has 0 aromatic carbocycles. The molecule has 0 spiro atoms. The highest BCUT2D eigenvalue weighted by atomic mass is 16.5. The summed E-state index contributed by atoms with van der Waals surface area (Å²) in [4.78, 5) is 12.5. The Hall–Kier alpha value is -0.810. The minimum Gasteiger partial charge on any atom is -0.450 e. The van der Waals surface area contributed by atoms with E-state index in [9.17, 15) is 15.0 Å². The first kappa shape index (κ1) is 30.2. The maximum absolute atomic E-state index is 12.5. The Balaban J connectivity index is 1.41. The SMILES string of the molecule is CC[C@@H]1C2C[C@H](O)CCC2(C)[C@H]2CC[C@]3(C)[C@@H]([C@H](C)CCOC(=O)NC(C(C)C)C(C)C)CC[C@H]3C2[C@@H]1O. The van der Waals surface area contributed by atoms with Crippen molar-refractivity contribution >= 4 is 6.09 Å². The molecular formula is C33H59NO4. The van der Waals surface area contributed by atoms with Crippen molar-refractivity contribution in [3.05, 3.63) is 0 Å². The topological polar surface area (TPSA) is 78.8 Å². The zero-order chi connectivity index (χ0) is 28.0. The molecule has 38 heavy (non-hydrogen) atoms. The highest BCUT2D eigenvalue weighted by molar-refractivity contribution is 5.67. The van der Waals surface area contributed by atoms with E-state index in [1.165, 1.54) is 25.7 Å². The summed E-state index contributed by atoms with van der Waals surface area (Å²) in [5.41, 5.74) is 0.500. The third-order valence-electron chi connectivity index (χ3n) is 12.7. The smallest absolute Gasteiger partial charge is 0.407 e. The van der Waals surface area contributed by atoms with E-state index in [-0.39, 0.29) is 35.2 Å². The van der Waals surface area contributed by atoms with Crippen LogP contribution in [-0.4, -0.2) is 41.2 Å². The Labute approximate surface area is 233 Å². The molecule has 0 radical (unpaired) electrons. The largest absolute Gasteiger partial charge is 0.450 e. The zero-order valence-electron chi connectivity index (χ0n) is 25.7. The van der Waals surface area contributed by atoms with Crippen molar-refractivity contribution in [1.29, 1.82) is 0 Å².